The lowest BCUT2D eigenvalue weighted by Crippen LogP contribution is -2.09. The molecule has 0 saturated carbocycles. The molecule has 0 aliphatic carbocycles. The molecule has 2 N–H and O–H groups in total. The minimum absolute atomic E-state index is 0.517. The third-order valence-electron chi connectivity index (χ3n) is 2.70. The molecule has 7 heteroatoms. The van der Waals surface area contributed by atoms with E-state index in [0.29, 0.717) is 22.3 Å². The quantitative estimate of drug-likeness (QED) is 0.862. The van der Waals surface area contributed by atoms with Crippen LogP contribution in [0.2, 0.25) is 10.0 Å². The lowest BCUT2D eigenvalue weighted by molar-refractivity contribution is 0.607. The minimum atomic E-state index is -3.26. The maximum atomic E-state index is 11.1. The van der Waals surface area contributed by atoms with Crippen molar-refractivity contribution in [1.29, 1.82) is 0 Å². The Labute approximate surface area is 134 Å². The first-order chi connectivity index (χ1) is 9.85. The van der Waals surface area contributed by atoms with E-state index in [4.69, 9.17) is 23.2 Å². The number of benzene rings is 2. The molecule has 0 aliphatic heterocycles. The van der Waals surface area contributed by atoms with E-state index in [1.807, 2.05) is 12.1 Å². The molecule has 2 aromatic carbocycles. The summed E-state index contributed by atoms with van der Waals surface area (Å²) in [4.78, 5) is 0. The molecule has 2 rings (SSSR count). The summed E-state index contributed by atoms with van der Waals surface area (Å²) in [7, 11) is -3.26. The molecule has 0 bridgehead atoms. The molecule has 0 spiro atoms. The molecule has 0 amide bonds. The molecule has 0 atom stereocenters. The zero-order valence-electron chi connectivity index (χ0n) is 11.2. The number of hydrogen-bond donors (Lipinski definition) is 2. The molecule has 4 nitrogen and oxygen atoms in total. The van der Waals surface area contributed by atoms with Gasteiger partial charge in [0.1, 0.15) is 0 Å². The van der Waals surface area contributed by atoms with Gasteiger partial charge >= 0.3 is 0 Å². The summed E-state index contributed by atoms with van der Waals surface area (Å²) in [6.45, 7) is 0.526. The second-order valence-corrected chi connectivity index (χ2v) is 7.05. The van der Waals surface area contributed by atoms with Gasteiger partial charge in [0, 0.05) is 17.9 Å². The van der Waals surface area contributed by atoms with Crippen molar-refractivity contribution in [3.63, 3.8) is 0 Å². The maximum absolute atomic E-state index is 11.1. The van der Waals surface area contributed by atoms with Gasteiger partial charge < -0.3 is 5.32 Å². The topological polar surface area (TPSA) is 58.2 Å². The number of anilines is 2. The smallest absolute Gasteiger partial charge is 0.229 e. The molecular formula is C14H14Cl2N2O2S. The van der Waals surface area contributed by atoms with Crippen molar-refractivity contribution >= 4 is 44.6 Å². The zero-order valence-corrected chi connectivity index (χ0v) is 13.6. The molecule has 0 aliphatic rings. The predicted molar refractivity (Wildman–Crippen MR) is 88.7 cm³/mol. The Morgan fingerprint density at radius 2 is 1.62 bits per heavy atom. The van der Waals surface area contributed by atoms with Crippen LogP contribution in [0.1, 0.15) is 5.56 Å². The third kappa shape index (κ3) is 4.81. The van der Waals surface area contributed by atoms with E-state index in [9.17, 15) is 8.42 Å². The monoisotopic (exact) mass is 344 g/mol. The van der Waals surface area contributed by atoms with Crippen LogP contribution in [0, 0.1) is 0 Å². The van der Waals surface area contributed by atoms with Crippen LogP contribution in [-0.2, 0) is 16.6 Å². The van der Waals surface area contributed by atoms with Crippen LogP contribution in [0.15, 0.2) is 42.5 Å². The average molecular weight is 345 g/mol. The largest absolute Gasteiger partial charge is 0.381 e. The number of sulfonamides is 1. The van der Waals surface area contributed by atoms with Gasteiger partial charge in [0.25, 0.3) is 0 Å². The Hall–Kier alpha value is -1.43. The molecule has 0 aromatic heterocycles. The molecular weight excluding hydrogens is 331 g/mol. The van der Waals surface area contributed by atoms with E-state index in [-0.39, 0.29) is 0 Å². The van der Waals surface area contributed by atoms with Crippen molar-refractivity contribution in [2.75, 3.05) is 16.3 Å². The molecule has 2 aromatic rings. The predicted octanol–water partition coefficient (Wildman–Crippen LogP) is 3.98. The van der Waals surface area contributed by atoms with E-state index in [1.165, 1.54) is 0 Å². The lowest BCUT2D eigenvalue weighted by Gasteiger charge is -2.10. The fraction of sp³-hybridized carbons (Fsp3) is 0.143. The highest BCUT2D eigenvalue weighted by atomic mass is 35.5. The summed E-state index contributed by atoms with van der Waals surface area (Å²) in [5.74, 6) is 0. The van der Waals surface area contributed by atoms with Crippen molar-refractivity contribution < 1.29 is 8.42 Å². The highest BCUT2D eigenvalue weighted by Crippen LogP contribution is 2.26. The summed E-state index contributed by atoms with van der Waals surface area (Å²) in [6.07, 6.45) is 1.11. The van der Waals surface area contributed by atoms with Crippen molar-refractivity contribution in [3.05, 3.63) is 58.1 Å². The van der Waals surface area contributed by atoms with Crippen LogP contribution in [0.3, 0.4) is 0 Å². The number of halogens is 2. The molecule has 0 unspecified atom stereocenters. The molecule has 0 heterocycles. The van der Waals surface area contributed by atoms with Gasteiger partial charge in [-0.15, -0.1) is 0 Å². The van der Waals surface area contributed by atoms with E-state index < -0.39 is 10.0 Å². The van der Waals surface area contributed by atoms with Crippen molar-refractivity contribution in [2.24, 2.45) is 0 Å². The van der Waals surface area contributed by atoms with Crippen LogP contribution in [0.25, 0.3) is 0 Å². The Kier molecular flexibility index (Phi) is 4.98. The van der Waals surface area contributed by atoms with Gasteiger partial charge in [0.2, 0.25) is 10.0 Å². The van der Waals surface area contributed by atoms with Gasteiger partial charge in [-0.3, -0.25) is 4.72 Å². The van der Waals surface area contributed by atoms with Gasteiger partial charge in [0.05, 0.1) is 16.3 Å². The summed E-state index contributed by atoms with van der Waals surface area (Å²) < 4.78 is 24.6. The fourth-order valence-corrected chi connectivity index (χ4v) is 2.70. The van der Waals surface area contributed by atoms with Crippen molar-refractivity contribution in [2.45, 2.75) is 6.54 Å². The Bertz CT molecular complexity index is 731. The van der Waals surface area contributed by atoms with Gasteiger partial charge in [-0.05, 0) is 35.9 Å². The van der Waals surface area contributed by atoms with Crippen LogP contribution in [0.5, 0.6) is 0 Å². The van der Waals surface area contributed by atoms with Gasteiger partial charge in [-0.2, -0.15) is 0 Å². The van der Waals surface area contributed by atoms with Crippen molar-refractivity contribution in [3.8, 4) is 0 Å². The highest BCUT2D eigenvalue weighted by Gasteiger charge is 2.04. The SMILES string of the molecule is CS(=O)(=O)Nc1ccc(NCc2cccc(Cl)c2Cl)cc1. The lowest BCUT2D eigenvalue weighted by atomic mass is 10.2. The summed E-state index contributed by atoms with van der Waals surface area (Å²) >= 11 is 12.1. The first kappa shape index (κ1) is 15.9. The summed E-state index contributed by atoms with van der Waals surface area (Å²) in [5.41, 5.74) is 2.26. The normalized spacial score (nSPS) is 11.2. The second-order valence-electron chi connectivity index (χ2n) is 4.52. The van der Waals surface area contributed by atoms with E-state index in [1.54, 1.807) is 30.3 Å². The molecule has 0 fully saturated rings. The minimum Gasteiger partial charge on any atom is -0.381 e. The van der Waals surface area contributed by atoms with Gasteiger partial charge in [-0.25, -0.2) is 8.42 Å². The van der Waals surface area contributed by atoms with Gasteiger partial charge in [-0.1, -0.05) is 35.3 Å². The Morgan fingerprint density at radius 3 is 2.24 bits per heavy atom. The summed E-state index contributed by atoms with van der Waals surface area (Å²) in [6, 6.07) is 12.4. The Balaban J connectivity index is 2.02. The van der Waals surface area contributed by atoms with Gasteiger partial charge in [0.15, 0.2) is 0 Å². The zero-order chi connectivity index (χ0) is 15.5. The number of nitrogens with one attached hydrogen (secondary N) is 2. The van der Waals surface area contributed by atoms with Crippen LogP contribution in [-0.4, -0.2) is 14.7 Å². The molecule has 112 valence electrons. The standard InChI is InChI=1S/C14H14Cl2N2O2S/c1-21(19,20)18-12-7-5-11(6-8-12)17-9-10-3-2-4-13(15)14(10)16/h2-8,17-18H,9H2,1H3. The molecule has 0 radical (unpaired) electrons. The van der Waals surface area contributed by atoms with Crippen LogP contribution >= 0.6 is 23.2 Å². The molecule has 21 heavy (non-hydrogen) atoms. The first-order valence-electron chi connectivity index (χ1n) is 6.10. The Morgan fingerprint density at radius 1 is 1.00 bits per heavy atom. The maximum Gasteiger partial charge on any atom is 0.229 e. The summed E-state index contributed by atoms with van der Waals surface area (Å²) in [5, 5.41) is 4.25. The number of hydrogen-bond acceptors (Lipinski definition) is 3. The number of rotatable bonds is 5. The van der Waals surface area contributed by atoms with Crippen LogP contribution < -0.4 is 10.0 Å². The fourth-order valence-electron chi connectivity index (χ4n) is 1.75. The van der Waals surface area contributed by atoms with E-state index in [0.717, 1.165) is 17.5 Å². The second kappa shape index (κ2) is 6.56. The third-order valence-corrected chi connectivity index (χ3v) is 4.17. The van der Waals surface area contributed by atoms with Crippen molar-refractivity contribution in [1.82, 2.24) is 0 Å². The van der Waals surface area contributed by atoms with Crippen LogP contribution in [0.4, 0.5) is 11.4 Å². The molecule has 0 saturated heterocycles. The first-order valence-corrected chi connectivity index (χ1v) is 8.74. The van der Waals surface area contributed by atoms with E-state index >= 15 is 0 Å². The average Bonchev–Trinajstić information content (AvgIpc) is 2.40. The van der Waals surface area contributed by atoms with E-state index in [2.05, 4.69) is 10.0 Å². The highest BCUT2D eigenvalue weighted by molar-refractivity contribution is 7.92.